The van der Waals surface area contributed by atoms with Crippen molar-refractivity contribution in [3.8, 4) is 0 Å². The summed E-state index contributed by atoms with van der Waals surface area (Å²) < 4.78 is 38.3. The van der Waals surface area contributed by atoms with E-state index in [2.05, 4.69) is 25.6 Å². The van der Waals surface area contributed by atoms with E-state index in [1.807, 2.05) is 0 Å². The lowest BCUT2D eigenvalue weighted by Crippen LogP contribution is -2.30. The fourth-order valence-corrected chi connectivity index (χ4v) is 1.74. The Morgan fingerprint density at radius 1 is 1.13 bits per heavy atom. The Morgan fingerprint density at radius 3 is 2.57 bits per heavy atom. The van der Waals surface area contributed by atoms with Crippen LogP contribution in [-0.4, -0.2) is 33.9 Å². The lowest BCUT2D eigenvalue weighted by atomic mass is 10.2. The first-order chi connectivity index (χ1) is 10.9. The summed E-state index contributed by atoms with van der Waals surface area (Å²) in [6.07, 6.45) is -0.606. The van der Waals surface area contributed by atoms with Gasteiger partial charge in [0.25, 0.3) is 5.91 Å². The fourth-order valence-electron chi connectivity index (χ4n) is 1.74. The lowest BCUT2D eigenvalue weighted by Gasteiger charge is -2.13. The summed E-state index contributed by atoms with van der Waals surface area (Å²) in [4.78, 5) is 22.9. The number of nitrogens with one attached hydrogen (secondary N) is 2. The summed E-state index contributed by atoms with van der Waals surface area (Å²) in [7, 11) is 0. The summed E-state index contributed by atoms with van der Waals surface area (Å²) in [5.41, 5.74) is 4.59. The van der Waals surface area contributed by atoms with Crippen LogP contribution in [0.4, 0.5) is 24.8 Å². The second kappa shape index (κ2) is 6.90. The molecule has 0 saturated heterocycles. The molecule has 0 fully saturated rings. The number of rotatable bonds is 5. The monoisotopic (exact) mass is 326 g/mol. The van der Waals surface area contributed by atoms with Gasteiger partial charge in [-0.25, -0.2) is 15.0 Å². The minimum atomic E-state index is -4.51. The van der Waals surface area contributed by atoms with Crippen molar-refractivity contribution in [2.24, 2.45) is 0 Å². The van der Waals surface area contributed by atoms with Crippen LogP contribution in [0.5, 0.6) is 0 Å². The standard InChI is InChI=1S/C13H13F3N6O/c14-13(15,16)8-2-1-3-20-11(8)21-6-7-22-12(23)9-10(17)19-5-4-18-9/h1-5H,6-7H2,(H2,17,19)(H,20,21)(H,22,23). The third-order valence-corrected chi connectivity index (χ3v) is 2.76. The molecule has 2 rings (SSSR count). The highest BCUT2D eigenvalue weighted by Gasteiger charge is 2.33. The van der Waals surface area contributed by atoms with Crippen molar-refractivity contribution >= 4 is 17.5 Å². The quantitative estimate of drug-likeness (QED) is 0.716. The predicted octanol–water partition coefficient (Wildman–Crippen LogP) is 1.31. The molecule has 2 aromatic rings. The Morgan fingerprint density at radius 2 is 1.87 bits per heavy atom. The lowest BCUT2D eigenvalue weighted by molar-refractivity contribution is -0.137. The van der Waals surface area contributed by atoms with E-state index in [0.29, 0.717) is 0 Å². The molecule has 2 heterocycles. The molecule has 0 aromatic carbocycles. The third-order valence-electron chi connectivity index (χ3n) is 2.76. The number of halogens is 3. The predicted molar refractivity (Wildman–Crippen MR) is 76.5 cm³/mol. The number of hydrogen-bond donors (Lipinski definition) is 3. The minimum Gasteiger partial charge on any atom is -0.382 e. The van der Waals surface area contributed by atoms with E-state index < -0.39 is 17.6 Å². The van der Waals surface area contributed by atoms with Gasteiger partial charge in [-0.2, -0.15) is 13.2 Å². The Labute approximate surface area is 129 Å². The van der Waals surface area contributed by atoms with Gasteiger partial charge in [0.05, 0.1) is 5.56 Å². The van der Waals surface area contributed by atoms with Crippen molar-refractivity contribution < 1.29 is 18.0 Å². The smallest absolute Gasteiger partial charge is 0.382 e. The molecule has 7 nitrogen and oxygen atoms in total. The molecule has 0 bridgehead atoms. The molecule has 0 unspecified atom stereocenters. The molecule has 0 spiro atoms. The van der Waals surface area contributed by atoms with Crippen LogP contribution in [0.1, 0.15) is 16.1 Å². The molecule has 0 saturated carbocycles. The van der Waals surface area contributed by atoms with E-state index in [4.69, 9.17) is 5.73 Å². The number of carbonyl (C=O) groups excluding carboxylic acids is 1. The largest absolute Gasteiger partial charge is 0.419 e. The molecule has 0 radical (unpaired) electrons. The number of anilines is 2. The average molecular weight is 326 g/mol. The fraction of sp³-hybridized carbons (Fsp3) is 0.231. The highest BCUT2D eigenvalue weighted by Crippen LogP contribution is 2.33. The van der Waals surface area contributed by atoms with Crippen molar-refractivity contribution in [1.29, 1.82) is 0 Å². The normalized spacial score (nSPS) is 11.1. The van der Waals surface area contributed by atoms with E-state index >= 15 is 0 Å². The molecule has 23 heavy (non-hydrogen) atoms. The number of alkyl halides is 3. The van der Waals surface area contributed by atoms with E-state index in [9.17, 15) is 18.0 Å². The van der Waals surface area contributed by atoms with Gasteiger partial charge in [0.2, 0.25) is 0 Å². The maximum atomic E-state index is 12.8. The molecule has 1 amide bonds. The van der Waals surface area contributed by atoms with Crippen molar-refractivity contribution in [3.05, 3.63) is 42.0 Å². The molecule has 4 N–H and O–H groups in total. The van der Waals surface area contributed by atoms with Crippen LogP contribution < -0.4 is 16.4 Å². The average Bonchev–Trinajstić information content (AvgIpc) is 2.51. The number of hydrogen-bond acceptors (Lipinski definition) is 6. The topological polar surface area (TPSA) is 106 Å². The molecular formula is C13H13F3N6O. The van der Waals surface area contributed by atoms with Crippen molar-refractivity contribution in [2.45, 2.75) is 6.18 Å². The van der Waals surface area contributed by atoms with Crippen molar-refractivity contribution in [1.82, 2.24) is 20.3 Å². The number of nitrogens with zero attached hydrogens (tertiary/aromatic N) is 3. The Kier molecular flexibility index (Phi) is 4.94. The SMILES string of the molecule is Nc1nccnc1C(=O)NCCNc1ncccc1C(F)(F)F. The molecule has 0 aliphatic heterocycles. The number of amides is 1. The van der Waals surface area contributed by atoms with Gasteiger partial charge in [0.1, 0.15) is 5.82 Å². The first kappa shape index (κ1) is 16.5. The van der Waals surface area contributed by atoms with Crippen LogP contribution in [0.15, 0.2) is 30.7 Å². The molecule has 2 aromatic heterocycles. The number of carbonyl (C=O) groups is 1. The zero-order valence-electron chi connectivity index (χ0n) is 11.8. The van der Waals surface area contributed by atoms with Gasteiger partial charge in [-0.3, -0.25) is 4.79 Å². The zero-order valence-corrected chi connectivity index (χ0v) is 11.8. The van der Waals surface area contributed by atoms with Gasteiger partial charge in [-0.05, 0) is 12.1 Å². The van der Waals surface area contributed by atoms with E-state index in [-0.39, 0.29) is 30.4 Å². The minimum absolute atomic E-state index is 0.0259. The van der Waals surface area contributed by atoms with Crippen LogP contribution >= 0.6 is 0 Å². The number of aromatic nitrogens is 3. The first-order valence-corrected chi connectivity index (χ1v) is 6.50. The Balaban J connectivity index is 1.89. The van der Waals surface area contributed by atoms with Crippen LogP contribution in [0.2, 0.25) is 0 Å². The molecule has 0 aliphatic carbocycles. The van der Waals surface area contributed by atoms with Gasteiger partial charge >= 0.3 is 6.18 Å². The molecule has 0 atom stereocenters. The van der Waals surface area contributed by atoms with E-state index in [1.54, 1.807) is 0 Å². The van der Waals surface area contributed by atoms with Gasteiger partial charge in [-0.1, -0.05) is 0 Å². The van der Waals surface area contributed by atoms with Gasteiger partial charge in [0.15, 0.2) is 11.5 Å². The maximum absolute atomic E-state index is 12.8. The highest BCUT2D eigenvalue weighted by atomic mass is 19.4. The summed E-state index contributed by atoms with van der Waals surface area (Å²) in [5.74, 6) is -0.884. The first-order valence-electron chi connectivity index (χ1n) is 6.50. The summed E-state index contributed by atoms with van der Waals surface area (Å²) in [6.45, 7) is 0.106. The summed E-state index contributed by atoms with van der Waals surface area (Å²) in [5, 5.41) is 5.00. The summed E-state index contributed by atoms with van der Waals surface area (Å²) in [6, 6.07) is 2.13. The van der Waals surface area contributed by atoms with E-state index in [0.717, 1.165) is 6.07 Å². The third kappa shape index (κ3) is 4.28. The second-order valence-corrected chi connectivity index (χ2v) is 4.37. The van der Waals surface area contributed by atoms with Crippen LogP contribution in [0, 0.1) is 0 Å². The summed E-state index contributed by atoms with van der Waals surface area (Å²) >= 11 is 0. The molecule has 122 valence electrons. The second-order valence-electron chi connectivity index (χ2n) is 4.37. The van der Waals surface area contributed by atoms with Gasteiger partial charge in [-0.15, -0.1) is 0 Å². The van der Waals surface area contributed by atoms with E-state index in [1.165, 1.54) is 24.7 Å². The van der Waals surface area contributed by atoms with Crippen molar-refractivity contribution in [2.75, 3.05) is 24.1 Å². The molecule has 0 aliphatic rings. The Bertz CT molecular complexity index is 691. The Hall–Kier alpha value is -2.91. The zero-order chi connectivity index (χ0) is 16.9. The highest BCUT2D eigenvalue weighted by molar-refractivity contribution is 5.96. The maximum Gasteiger partial charge on any atom is 0.419 e. The number of pyridine rings is 1. The molecular weight excluding hydrogens is 313 g/mol. The number of nitrogen functional groups attached to an aromatic ring is 1. The van der Waals surface area contributed by atoms with Gasteiger partial charge in [0, 0.05) is 31.7 Å². The number of nitrogens with two attached hydrogens (primary N) is 1. The molecule has 10 heteroatoms. The van der Waals surface area contributed by atoms with Crippen molar-refractivity contribution in [3.63, 3.8) is 0 Å². The van der Waals surface area contributed by atoms with Crippen LogP contribution in [0.3, 0.4) is 0 Å². The van der Waals surface area contributed by atoms with Crippen LogP contribution in [0.25, 0.3) is 0 Å². The van der Waals surface area contributed by atoms with Gasteiger partial charge < -0.3 is 16.4 Å². The van der Waals surface area contributed by atoms with Crippen LogP contribution in [-0.2, 0) is 6.18 Å².